The fourth-order valence-corrected chi connectivity index (χ4v) is 1.95. The SMILES string of the molecule is O=c1ccn(-c2cc(-c3ccncc3F)ccn2)cc1O. The molecule has 0 amide bonds. The van der Waals surface area contributed by atoms with Gasteiger partial charge >= 0.3 is 0 Å². The van der Waals surface area contributed by atoms with Crippen molar-refractivity contribution < 1.29 is 9.50 Å². The molecule has 0 fully saturated rings. The van der Waals surface area contributed by atoms with Crippen LogP contribution in [0.15, 0.2) is 60.0 Å². The van der Waals surface area contributed by atoms with Crippen LogP contribution in [0.4, 0.5) is 4.39 Å². The van der Waals surface area contributed by atoms with Gasteiger partial charge in [0.05, 0.1) is 12.4 Å². The average Bonchev–Trinajstić information content (AvgIpc) is 2.51. The van der Waals surface area contributed by atoms with Gasteiger partial charge in [0.15, 0.2) is 5.75 Å². The molecule has 3 aromatic rings. The second kappa shape index (κ2) is 5.16. The van der Waals surface area contributed by atoms with Gasteiger partial charge in [-0.25, -0.2) is 9.37 Å². The standard InChI is InChI=1S/C15H10FN3O2/c16-12-8-17-4-2-11(12)10-1-5-18-15(7-10)19-6-3-13(20)14(21)9-19/h1-9,21H. The molecule has 5 nitrogen and oxygen atoms in total. The van der Waals surface area contributed by atoms with Crippen LogP contribution >= 0.6 is 0 Å². The van der Waals surface area contributed by atoms with Gasteiger partial charge in [0.2, 0.25) is 5.43 Å². The Labute approximate surface area is 119 Å². The Morgan fingerprint density at radius 2 is 2.05 bits per heavy atom. The van der Waals surface area contributed by atoms with Gasteiger partial charge < -0.3 is 9.67 Å². The third-order valence-electron chi connectivity index (χ3n) is 2.99. The van der Waals surface area contributed by atoms with Crippen molar-refractivity contribution in [3.8, 4) is 22.7 Å². The maximum atomic E-state index is 13.8. The molecule has 3 aromatic heterocycles. The van der Waals surface area contributed by atoms with E-state index in [-0.39, 0.29) is 5.75 Å². The number of hydrogen-bond acceptors (Lipinski definition) is 4. The number of aromatic hydroxyl groups is 1. The van der Waals surface area contributed by atoms with E-state index in [0.29, 0.717) is 16.9 Å². The van der Waals surface area contributed by atoms with Crippen molar-refractivity contribution in [1.29, 1.82) is 0 Å². The lowest BCUT2D eigenvalue weighted by atomic mass is 10.1. The molecule has 0 saturated carbocycles. The van der Waals surface area contributed by atoms with Gasteiger partial charge in [0, 0.05) is 30.2 Å². The molecule has 0 bridgehead atoms. The molecule has 0 unspecified atom stereocenters. The summed E-state index contributed by atoms with van der Waals surface area (Å²) in [5.74, 6) is -0.351. The molecule has 6 heteroatoms. The Morgan fingerprint density at radius 1 is 1.19 bits per heavy atom. The van der Waals surface area contributed by atoms with E-state index in [9.17, 15) is 14.3 Å². The fourth-order valence-electron chi connectivity index (χ4n) is 1.95. The van der Waals surface area contributed by atoms with E-state index in [4.69, 9.17) is 0 Å². The minimum atomic E-state index is -0.470. The zero-order chi connectivity index (χ0) is 14.8. The molecule has 21 heavy (non-hydrogen) atoms. The van der Waals surface area contributed by atoms with E-state index < -0.39 is 11.2 Å². The van der Waals surface area contributed by atoms with E-state index >= 15 is 0 Å². The van der Waals surface area contributed by atoms with Crippen molar-refractivity contribution in [1.82, 2.24) is 14.5 Å². The normalized spacial score (nSPS) is 10.5. The van der Waals surface area contributed by atoms with Crippen LogP contribution in [0.5, 0.6) is 5.75 Å². The predicted octanol–water partition coefficient (Wildman–Crippen LogP) is 2.14. The summed E-state index contributed by atoms with van der Waals surface area (Å²) in [4.78, 5) is 19.1. The molecule has 104 valence electrons. The first kappa shape index (κ1) is 13.0. The van der Waals surface area contributed by atoms with E-state index in [1.54, 1.807) is 18.2 Å². The first-order valence-corrected chi connectivity index (χ1v) is 6.13. The summed E-state index contributed by atoms with van der Waals surface area (Å²) in [5.41, 5.74) is 0.555. The molecule has 0 saturated heterocycles. The van der Waals surface area contributed by atoms with Crippen LogP contribution in [0.25, 0.3) is 16.9 Å². The van der Waals surface area contributed by atoms with Crippen LogP contribution in [-0.4, -0.2) is 19.6 Å². The number of halogens is 1. The van der Waals surface area contributed by atoms with E-state index in [1.165, 1.54) is 35.4 Å². The lowest BCUT2D eigenvalue weighted by Gasteiger charge is -2.08. The molecule has 0 atom stereocenters. The van der Waals surface area contributed by atoms with Crippen LogP contribution in [-0.2, 0) is 0 Å². The van der Waals surface area contributed by atoms with Crippen molar-refractivity contribution in [2.75, 3.05) is 0 Å². The monoisotopic (exact) mass is 283 g/mol. The molecule has 0 aliphatic heterocycles. The van der Waals surface area contributed by atoms with Crippen molar-refractivity contribution in [2.45, 2.75) is 0 Å². The highest BCUT2D eigenvalue weighted by atomic mass is 19.1. The summed E-state index contributed by atoms with van der Waals surface area (Å²) in [6.45, 7) is 0. The summed E-state index contributed by atoms with van der Waals surface area (Å²) in [5, 5.41) is 9.46. The third kappa shape index (κ3) is 2.51. The van der Waals surface area contributed by atoms with Crippen LogP contribution in [0, 0.1) is 5.82 Å². The van der Waals surface area contributed by atoms with E-state index in [2.05, 4.69) is 9.97 Å². The summed E-state index contributed by atoms with van der Waals surface area (Å²) < 4.78 is 15.2. The zero-order valence-corrected chi connectivity index (χ0v) is 10.8. The minimum absolute atomic E-state index is 0.375. The summed E-state index contributed by atoms with van der Waals surface area (Å²) in [6.07, 6.45) is 6.92. The smallest absolute Gasteiger partial charge is 0.223 e. The zero-order valence-electron chi connectivity index (χ0n) is 10.8. The van der Waals surface area contributed by atoms with Gasteiger partial charge in [0.1, 0.15) is 11.6 Å². The Kier molecular flexibility index (Phi) is 3.19. The van der Waals surface area contributed by atoms with Crippen LogP contribution < -0.4 is 5.43 Å². The maximum absolute atomic E-state index is 13.8. The number of nitrogens with zero attached hydrogens (tertiary/aromatic N) is 3. The largest absolute Gasteiger partial charge is 0.503 e. The molecule has 3 heterocycles. The summed E-state index contributed by atoms with van der Waals surface area (Å²) in [7, 11) is 0. The van der Waals surface area contributed by atoms with Gasteiger partial charge in [-0.2, -0.15) is 0 Å². The first-order chi connectivity index (χ1) is 10.1. The van der Waals surface area contributed by atoms with Crippen molar-refractivity contribution in [3.05, 3.63) is 71.3 Å². The first-order valence-electron chi connectivity index (χ1n) is 6.13. The van der Waals surface area contributed by atoms with Crippen LogP contribution in [0.1, 0.15) is 0 Å². The topological polar surface area (TPSA) is 68.0 Å². The highest BCUT2D eigenvalue weighted by Gasteiger charge is 2.07. The average molecular weight is 283 g/mol. The second-order valence-electron chi connectivity index (χ2n) is 4.36. The Morgan fingerprint density at radius 3 is 2.81 bits per heavy atom. The summed E-state index contributed by atoms with van der Waals surface area (Å²) in [6, 6.07) is 6.13. The lowest BCUT2D eigenvalue weighted by Crippen LogP contribution is -2.04. The molecular weight excluding hydrogens is 273 g/mol. The van der Waals surface area contributed by atoms with Gasteiger partial charge in [-0.05, 0) is 23.8 Å². The Hall–Kier alpha value is -3.02. The van der Waals surface area contributed by atoms with Gasteiger partial charge in [-0.3, -0.25) is 9.78 Å². The molecule has 0 aliphatic carbocycles. The van der Waals surface area contributed by atoms with Crippen molar-refractivity contribution in [2.24, 2.45) is 0 Å². The number of hydrogen-bond donors (Lipinski definition) is 1. The predicted molar refractivity (Wildman–Crippen MR) is 74.7 cm³/mol. The molecule has 1 N–H and O–H groups in total. The number of aromatic nitrogens is 3. The van der Waals surface area contributed by atoms with Crippen molar-refractivity contribution in [3.63, 3.8) is 0 Å². The lowest BCUT2D eigenvalue weighted by molar-refractivity contribution is 0.465. The Balaban J connectivity index is 2.10. The van der Waals surface area contributed by atoms with Crippen LogP contribution in [0.3, 0.4) is 0 Å². The highest BCUT2D eigenvalue weighted by Crippen LogP contribution is 2.23. The molecule has 0 radical (unpaired) electrons. The quantitative estimate of drug-likeness (QED) is 0.782. The molecular formula is C15H10FN3O2. The van der Waals surface area contributed by atoms with Gasteiger partial charge in [-0.15, -0.1) is 0 Å². The number of pyridine rings is 3. The maximum Gasteiger partial charge on any atom is 0.223 e. The molecule has 0 aliphatic rings. The van der Waals surface area contributed by atoms with E-state index in [0.717, 1.165) is 6.20 Å². The fraction of sp³-hybridized carbons (Fsp3) is 0. The number of rotatable bonds is 2. The third-order valence-corrected chi connectivity index (χ3v) is 2.99. The molecule has 0 aromatic carbocycles. The highest BCUT2D eigenvalue weighted by molar-refractivity contribution is 5.64. The second-order valence-corrected chi connectivity index (χ2v) is 4.36. The van der Waals surface area contributed by atoms with Crippen molar-refractivity contribution >= 4 is 0 Å². The van der Waals surface area contributed by atoms with E-state index in [1.807, 2.05) is 0 Å². The Bertz CT molecular complexity index is 861. The molecule has 0 spiro atoms. The van der Waals surface area contributed by atoms with Gasteiger partial charge in [-0.1, -0.05) is 0 Å². The minimum Gasteiger partial charge on any atom is -0.503 e. The molecule has 3 rings (SSSR count). The summed E-state index contributed by atoms with van der Waals surface area (Å²) >= 11 is 0. The van der Waals surface area contributed by atoms with Crippen LogP contribution in [0.2, 0.25) is 0 Å². The van der Waals surface area contributed by atoms with Gasteiger partial charge in [0.25, 0.3) is 0 Å².